The summed E-state index contributed by atoms with van der Waals surface area (Å²) in [6.45, 7) is 9.36. The number of methoxy groups -OCH3 is 1. The third-order valence-electron chi connectivity index (χ3n) is 10.5. The van der Waals surface area contributed by atoms with Crippen molar-refractivity contribution in [3.05, 3.63) is 86.7 Å². The highest BCUT2D eigenvalue weighted by molar-refractivity contribution is 6.36. The lowest BCUT2D eigenvalue weighted by molar-refractivity contribution is -0.159. The van der Waals surface area contributed by atoms with Crippen LogP contribution in [0.3, 0.4) is 0 Å². The van der Waals surface area contributed by atoms with Crippen LogP contribution < -0.4 is 14.4 Å². The average Bonchev–Trinajstić information content (AvgIpc) is 3.84. The second-order valence-electron chi connectivity index (χ2n) is 15.3. The second kappa shape index (κ2) is 15.0. The molecule has 0 saturated carbocycles. The van der Waals surface area contributed by atoms with Crippen LogP contribution in [0, 0.1) is 5.92 Å². The number of hydrogen-bond donors (Lipinski definition) is 0. The summed E-state index contributed by atoms with van der Waals surface area (Å²) in [5, 5.41) is 0.981. The maximum atomic E-state index is 12.7. The third-order valence-corrected chi connectivity index (χ3v) is 11.2. The van der Waals surface area contributed by atoms with Crippen molar-refractivity contribution < 1.29 is 23.8 Å². The Morgan fingerprint density at radius 3 is 2.55 bits per heavy atom. The topological polar surface area (TPSA) is 89.4 Å². The minimum atomic E-state index is -0.506. The van der Waals surface area contributed by atoms with Gasteiger partial charge in [0.05, 0.1) is 34.5 Å². The zero-order chi connectivity index (χ0) is 37.6. The molecular formula is C41H47Cl2N5O5. The average molecular weight is 761 g/mol. The highest BCUT2D eigenvalue weighted by Crippen LogP contribution is 2.46. The first-order chi connectivity index (χ1) is 25.3. The van der Waals surface area contributed by atoms with Gasteiger partial charge < -0.3 is 23.7 Å². The zero-order valence-corrected chi connectivity index (χ0v) is 32.8. The Morgan fingerprint density at radius 2 is 1.79 bits per heavy atom. The normalized spacial score (nSPS) is 18.8. The van der Waals surface area contributed by atoms with E-state index in [1.165, 1.54) is 0 Å². The molecule has 3 aromatic carbocycles. The molecule has 0 bridgehead atoms. The largest absolute Gasteiger partial charge is 0.496 e. The Bertz CT molecular complexity index is 2040. The molecule has 1 amide bonds. The Balaban J connectivity index is 1.10. The van der Waals surface area contributed by atoms with Crippen LogP contribution in [0.4, 0.5) is 11.6 Å². The molecule has 7 rings (SSSR count). The molecule has 12 heteroatoms. The lowest BCUT2D eigenvalue weighted by Crippen LogP contribution is -2.30. The molecule has 0 spiro atoms. The fourth-order valence-electron chi connectivity index (χ4n) is 7.90. The predicted octanol–water partition coefficient (Wildman–Crippen LogP) is 7.91. The highest BCUT2D eigenvalue weighted by atomic mass is 35.5. The molecule has 10 nitrogen and oxygen atoms in total. The standard InChI is InChI=1S/C41H47Cl2N5O5/c1-41(2,3)53-39(50)25-15-18-47(21-25)22-26-19-31(42)37(20-36(26)51-6)52-35-14-13-28-27(9-7-10-29(28)35)30-11-8-12-34(38(30)43)48(24-49)40-44-32-23-45(4)17-16-33(32)46(40)5/h7-12,19-20,24-25,35H,13-18,21-23H2,1-6H3. The molecule has 1 aromatic heterocycles. The number of esters is 1. The van der Waals surface area contributed by atoms with E-state index in [9.17, 15) is 9.59 Å². The Labute approximate surface area is 321 Å². The Hall–Kier alpha value is -4.09. The van der Waals surface area contributed by atoms with Gasteiger partial charge in [0.25, 0.3) is 0 Å². The van der Waals surface area contributed by atoms with Crippen LogP contribution >= 0.6 is 23.2 Å². The molecule has 0 radical (unpaired) electrons. The van der Waals surface area contributed by atoms with Gasteiger partial charge in [-0.1, -0.05) is 53.5 Å². The van der Waals surface area contributed by atoms with Crippen LogP contribution in [-0.2, 0) is 47.3 Å². The molecule has 3 heterocycles. The second-order valence-corrected chi connectivity index (χ2v) is 16.1. The smallest absolute Gasteiger partial charge is 0.310 e. The molecule has 4 aromatic rings. The SMILES string of the molecule is COc1cc(OC2CCc3c(-c4cccc(N(C=O)c5nc6c(n5C)CCN(C)C6)c4Cl)cccc32)c(Cl)cc1CN1CCC(C(=O)OC(C)(C)C)C1. The number of nitrogens with zero attached hydrogens (tertiary/aromatic N) is 5. The first-order valence-corrected chi connectivity index (χ1v) is 19.0. The van der Waals surface area contributed by atoms with Crippen molar-refractivity contribution in [1.82, 2.24) is 19.4 Å². The van der Waals surface area contributed by atoms with Crippen molar-refractivity contribution in [2.45, 2.75) is 71.2 Å². The van der Waals surface area contributed by atoms with E-state index in [1.807, 2.05) is 68.8 Å². The maximum absolute atomic E-state index is 12.7. The summed E-state index contributed by atoms with van der Waals surface area (Å²) in [4.78, 5) is 36.2. The van der Waals surface area contributed by atoms with Crippen molar-refractivity contribution in [3.8, 4) is 22.6 Å². The maximum Gasteiger partial charge on any atom is 0.310 e. The number of ether oxygens (including phenoxy) is 3. The summed E-state index contributed by atoms with van der Waals surface area (Å²) < 4.78 is 20.1. The van der Waals surface area contributed by atoms with E-state index in [2.05, 4.69) is 29.0 Å². The van der Waals surface area contributed by atoms with Gasteiger partial charge >= 0.3 is 5.97 Å². The number of imidazole rings is 1. The number of fused-ring (bicyclic) bond motifs is 2. The van der Waals surface area contributed by atoms with Gasteiger partial charge in [0.2, 0.25) is 12.4 Å². The minimum Gasteiger partial charge on any atom is -0.496 e. The van der Waals surface area contributed by atoms with Crippen molar-refractivity contribution in [1.29, 1.82) is 0 Å². The number of hydrogen-bond acceptors (Lipinski definition) is 8. The minimum absolute atomic E-state index is 0.150. The van der Waals surface area contributed by atoms with Crippen molar-refractivity contribution in [2.24, 2.45) is 13.0 Å². The monoisotopic (exact) mass is 759 g/mol. The van der Waals surface area contributed by atoms with E-state index in [-0.39, 0.29) is 18.0 Å². The fraction of sp³-hybridized carbons (Fsp3) is 0.439. The summed E-state index contributed by atoms with van der Waals surface area (Å²) >= 11 is 14.1. The van der Waals surface area contributed by atoms with Crippen molar-refractivity contribution >= 4 is 47.2 Å². The molecule has 53 heavy (non-hydrogen) atoms. The Morgan fingerprint density at radius 1 is 1.02 bits per heavy atom. The number of amides is 1. The van der Waals surface area contributed by atoms with Gasteiger partial charge in [0, 0.05) is 62.5 Å². The molecule has 2 aliphatic heterocycles. The summed E-state index contributed by atoms with van der Waals surface area (Å²) in [6, 6.07) is 15.7. The van der Waals surface area contributed by atoms with E-state index >= 15 is 0 Å². The molecular weight excluding hydrogens is 713 g/mol. The van der Waals surface area contributed by atoms with Crippen LogP contribution in [0.5, 0.6) is 11.5 Å². The van der Waals surface area contributed by atoms with Crippen LogP contribution in [-0.4, -0.2) is 71.1 Å². The van der Waals surface area contributed by atoms with E-state index in [0.29, 0.717) is 46.3 Å². The first-order valence-electron chi connectivity index (χ1n) is 18.2. The van der Waals surface area contributed by atoms with Crippen LogP contribution in [0.2, 0.25) is 10.0 Å². The summed E-state index contributed by atoms with van der Waals surface area (Å²) in [5.74, 6) is 1.48. The molecule has 0 N–H and O–H groups in total. The van der Waals surface area contributed by atoms with Crippen molar-refractivity contribution in [2.75, 3.05) is 38.7 Å². The fourth-order valence-corrected chi connectivity index (χ4v) is 8.45. The predicted molar refractivity (Wildman–Crippen MR) is 207 cm³/mol. The number of likely N-dealkylation sites (tertiary alicyclic amines) is 1. The van der Waals surface area contributed by atoms with Crippen LogP contribution in [0.25, 0.3) is 11.1 Å². The van der Waals surface area contributed by atoms with Crippen molar-refractivity contribution in [3.63, 3.8) is 0 Å². The molecule has 1 aliphatic carbocycles. The number of benzene rings is 3. The summed E-state index contributed by atoms with van der Waals surface area (Å²) in [5.41, 5.74) is 7.18. The number of rotatable bonds is 10. The number of aromatic nitrogens is 2. The molecule has 1 saturated heterocycles. The number of halogens is 2. The van der Waals surface area contributed by atoms with Gasteiger partial charge in [0.15, 0.2) is 0 Å². The number of likely N-dealkylation sites (N-methyl/N-ethyl adjacent to an activating group) is 1. The van der Waals surface area contributed by atoms with E-state index < -0.39 is 5.60 Å². The molecule has 3 aliphatic rings. The Kier molecular flexibility index (Phi) is 10.5. The van der Waals surface area contributed by atoms with Crippen LogP contribution in [0.1, 0.15) is 67.8 Å². The van der Waals surface area contributed by atoms with Gasteiger partial charge in [-0.15, -0.1) is 0 Å². The quantitative estimate of drug-likeness (QED) is 0.119. The number of anilines is 2. The summed E-state index contributed by atoms with van der Waals surface area (Å²) in [6.07, 6.45) is 3.73. The lowest BCUT2D eigenvalue weighted by atomic mass is 9.96. The van der Waals surface area contributed by atoms with Gasteiger partial charge in [-0.3, -0.25) is 19.4 Å². The van der Waals surface area contributed by atoms with Gasteiger partial charge in [-0.25, -0.2) is 4.98 Å². The van der Waals surface area contributed by atoms with Crippen LogP contribution in [0.15, 0.2) is 48.5 Å². The highest BCUT2D eigenvalue weighted by Gasteiger charge is 2.33. The third kappa shape index (κ3) is 7.52. The van der Waals surface area contributed by atoms with E-state index in [1.54, 1.807) is 12.0 Å². The van der Waals surface area contributed by atoms with E-state index in [4.69, 9.17) is 42.4 Å². The zero-order valence-electron chi connectivity index (χ0n) is 31.2. The van der Waals surface area contributed by atoms with Gasteiger partial charge in [0.1, 0.15) is 23.2 Å². The number of carbonyl (C=O) groups is 2. The van der Waals surface area contributed by atoms with Gasteiger partial charge in [-0.05, 0) is 82.4 Å². The molecule has 2 atom stereocenters. The van der Waals surface area contributed by atoms with E-state index in [0.717, 1.165) is 90.9 Å². The first kappa shape index (κ1) is 37.2. The molecule has 280 valence electrons. The molecule has 1 fully saturated rings. The molecule has 2 unspecified atom stereocenters. The lowest BCUT2D eigenvalue weighted by Gasteiger charge is -2.23. The van der Waals surface area contributed by atoms with Gasteiger partial charge in [-0.2, -0.15) is 0 Å². The number of carbonyl (C=O) groups excluding carboxylic acids is 2. The summed E-state index contributed by atoms with van der Waals surface area (Å²) in [7, 11) is 5.68.